The molecule has 0 radical (unpaired) electrons. The third kappa shape index (κ3) is 1.64. The molecule has 1 heterocycles. The number of hydrogen-bond donors (Lipinski definition) is 1. The highest BCUT2D eigenvalue weighted by Gasteiger charge is 2.21. The molecule has 0 saturated carbocycles. The molecular formula is C6H12O3. The SMILES string of the molecule is C[C@H]1OCCO[C@H]1CO. The van der Waals surface area contributed by atoms with E-state index >= 15 is 0 Å². The first-order valence-electron chi connectivity index (χ1n) is 3.18. The highest BCUT2D eigenvalue weighted by molar-refractivity contribution is 4.67. The lowest BCUT2D eigenvalue weighted by molar-refractivity contribution is -0.145. The molecule has 1 aliphatic heterocycles. The molecule has 0 aliphatic carbocycles. The number of ether oxygens (including phenoxy) is 2. The molecule has 0 bridgehead atoms. The van der Waals surface area contributed by atoms with Crippen LogP contribution in [0, 0.1) is 0 Å². The second-order valence-corrected chi connectivity index (χ2v) is 2.17. The Balaban J connectivity index is 2.30. The minimum atomic E-state index is -0.112. The summed E-state index contributed by atoms with van der Waals surface area (Å²) in [6.45, 7) is 3.22. The third-order valence-electron chi connectivity index (χ3n) is 1.50. The number of aliphatic hydroxyl groups excluding tert-OH is 1. The van der Waals surface area contributed by atoms with Gasteiger partial charge in [0.1, 0.15) is 6.10 Å². The van der Waals surface area contributed by atoms with Crippen molar-refractivity contribution < 1.29 is 14.6 Å². The predicted octanol–water partition coefficient (Wildman–Crippen LogP) is -0.217. The van der Waals surface area contributed by atoms with Gasteiger partial charge >= 0.3 is 0 Å². The minimum Gasteiger partial charge on any atom is -0.394 e. The molecule has 0 aromatic rings. The van der Waals surface area contributed by atoms with Crippen LogP contribution in [0.1, 0.15) is 6.92 Å². The van der Waals surface area contributed by atoms with Crippen molar-refractivity contribution in [3.8, 4) is 0 Å². The monoisotopic (exact) mass is 132 g/mol. The lowest BCUT2D eigenvalue weighted by atomic mass is 10.2. The predicted molar refractivity (Wildman–Crippen MR) is 32.2 cm³/mol. The molecule has 9 heavy (non-hydrogen) atoms. The molecule has 2 atom stereocenters. The molecular weight excluding hydrogens is 120 g/mol. The van der Waals surface area contributed by atoms with Gasteiger partial charge in [-0.15, -0.1) is 0 Å². The minimum absolute atomic E-state index is 0.0451. The van der Waals surface area contributed by atoms with Gasteiger partial charge in [0.15, 0.2) is 0 Å². The van der Waals surface area contributed by atoms with Crippen molar-refractivity contribution in [2.75, 3.05) is 19.8 Å². The molecule has 1 fully saturated rings. The number of rotatable bonds is 1. The zero-order valence-electron chi connectivity index (χ0n) is 5.54. The number of aliphatic hydroxyl groups is 1. The number of hydrogen-bond acceptors (Lipinski definition) is 3. The maximum absolute atomic E-state index is 8.66. The molecule has 0 aromatic heterocycles. The molecule has 3 heteroatoms. The Bertz CT molecular complexity index is 84.4. The molecule has 54 valence electrons. The van der Waals surface area contributed by atoms with Crippen LogP contribution >= 0.6 is 0 Å². The van der Waals surface area contributed by atoms with Gasteiger partial charge in [0.25, 0.3) is 0 Å². The van der Waals surface area contributed by atoms with Crippen LogP contribution in [0.2, 0.25) is 0 Å². The van der Waals surface area contributed by atoms with Crippen molar-refractivity contribution in [3.05, 3.63) is 0 Å². The molecule has 1 aliphatic rings. The molecule has 0 spiro atoms. The summed E-state index contributed by atoms with van der Waals surface area (Å²) in [6.07, 6.45) is -0.0671. The highest BCUT2D eigenvalue weighted by atomic mass is 16.6. The first-order chi connectivity index (χ1) is 4.34. The Labute approximate surface area is 54.6 Å². The summed E-state index contributed by atoms with van der Waals surface area (Å²) in [5.74, 6) is 0. The quantitative estimate of drug-likeness (QED) is 0.536. The van der Waals surface area contributed by atoms with Gasteiger partial charge in [-0.05, 0) is 6.92 Å². The summed E-state index contributed by atoms with van der Waals surface area (Å²) >= 11 is 0. The average Bonchev–Trinajstić information content (AvgIpc) is 1.89. The van der Waals surface area contributed by atoms with E-state index in [-0.39, 0.29) is 18.8 Å². The molecule has 0 aromatic carbocycles. The van der Waals surface area contributed by atoms with E-state index in [1.807, 2.05) is 6.92 Å². The standard InChI is InChI=1S/C6H12O3/c1-5-6(4-7)9-3-2-8-5/h5-7H,2-4H2,1H3/t5-,6+/m1/s1. The lowest BCUT2D eigenvalue weighted by Gasteiger charge is -2.27. The van der Waals surface area contributed by atoms with Crippen molar-refractivity contribution in [2.24, 2.45) is 0 Å². The average molecular weight is 132 g/mol. The van der Waals surface area contributed by atoms with Crippen molar-refractivity contribution in [3.63, 3.8) is 0 Å². The van der Waals surface area contributed by atoms with Crippen LogP contribution in [0.25, 0.3) is 0 Å². The van der Waals surface area contributed by atoms with E-state index in [9.17, 15) is 0 Å². The molecule has 1 saturated heterocycles. The van der Waals surface area contributed by atoms with Gasteiger partial charge in [-0.2, -0.15) is 0 Å². The first-order valence-corrected chi connectivity index (χ1v) is 3.18. The Kier molecular flexibility index (Phi) is 2.45. The van der Waals surface area contributed by atoms with Gasteiger partial charge in [-0.3, -0.25) is 0 Å². The van der Waals surface area contributed by atoms with Gasteiger partial charge in [-0.1, -0.05) is 0 Å². The normalized spacial score (nSPS) is 36.7. The van der Waals surface area contributed by atoms with Crippen molar-refractivity contribution in [2.45, 2.75) is 19.1 Å². The van der Waals surface area contributed by atoms with Gasteiger partial charge in [-0.25, -0.2) is 0 Å². The van der Waals surface area contributed by atoms with Crippen molar-refractivity contribution >= 4 is 0 Å². The Morgan fingerprint density at radius 2 is 2.11 bits per heavy atom. The largest absolute Gasteiger partial charge is 0.394 e. The Hall–Kier alpha value is -0.120. The summed E-state index contributed by atoms with van der Waals surface area (Å²) in [7, 11) is 0. The summed E-state index contributed by atoms with van der Waals surface area (Å²) in [4.78, 5) is 0. The van der Waals surface area contributed by atoms with E-state index in [2.05, 4.69) is 0 Å². The van der Waals surface area contributed by atoms with E-state index in [0.29, 0.717) is 13.2 Å². The molecule has 1 N–H and O–H groups in total. The van der Waals surface area contributed by atoms with E-state index in [4.69, 9.17) is 14.6 Å². The topological polar surface area (TPSA) is 38.7 Å². The summed E-state index contributed by atoms with van der Waals surface area (Å²) < 4.78 is 10.4. The molecule has 1 rings (SSSR count). The highest BCUT2D eigenvalue weighted by Crippen LogP contribution is 2.07. The second-order valence-electron chi connectivity index (χ2n) is 2.17. The fraction of sp³-hybridized carbons (Fsp3) is 1.00. The van der Waals surface area contributed by atoms with Gasteiger partial charge in [0, 0.05) is 0 Å². The smallest absolute Gasteiger partial charge is 0.106 e. The second kappa shape index (κ2) is 3.15. The summed E-state index contributed by atoms with van der Waals surface area (Å²) in [6, 6.07) is 0. The van der Waals surface area contributed by atoms with Crippen LogP contribution in [0.3, 0.4) is 0 Å². The summed E-state index contributed by atoms with van der Waals surface area (Å²) in [5, 5.41) is 8.66. The molecule has 0 amide bonds. The van der Waals surface area contributed by atoms with E-state index in [0.717, 1.165) is 0 Å². The van der Waals surface area contributed by atoms with E-state index in [1.165, 1.54) is 0 Å². The zero-order valence-corrected chi connectivity index (χ0v) is 5.54. The zero-order chi connectivity index (χ0) is 6.69. The van der Waals surface area contributed by atoms with Gasteiger partial charge < -0.3 is 14.6 Å². The van der Waals surface area contributed by atoms with Crippen LogP contribution in [0.4, 0.5) is 0 Å². The van der Waals surface area contributed by atoms with Crippen molar-refractivity contribution in [1.82, 2.24) is 0 Å². The third-order valence-corrected chi connectivity index (χ3v) is 1.50. The van der Waals surface area contributed by atoms with Crippen LogP contribution in [0.15, 0.2) is 0 Å². The van der Waals surface area contributed by atoms with Crippen LogP contribution in [-0.4, -0.2) is 37.1 Å². The maximum atomic E-state index is 8.66. The van der Waals surface area contributed by atoms with Crippen LogP contribution in [-0.2, 0) is 9.47 Å². The molecule has 0 unspecified atom stereocenters. The van der Waals surface area contributed by atoms with E-state index < -0.39 is 0 Å². The first kappa shape index (κ1) is 6.99. The van der Waals surface area contributed by atoms with Gasteiger partial charge in [0.05, 0.1) is 25.9 Å². The fourth-order valence-electron chi connectivity index (χ4n) is 0.877. The van der Waals surface area contributed by atoms with Crippen LogP contribution < -0.4 is 0 Å². The van der Waals surface area contributed by atoms with Gasteiger partial charge in [0.2, 0.25) is 0 Å². The van der Waals surface area contributed by atoms with E-state index in [1.54, 1.807) is 0 Å². The fourth-order valence-corrected chi connectivity index (χ4v) is 0.877. The maximum Gasteiger partial charge on any atom is 0.106 e. The summed E-state index contributed by atoms with van der Waals surface area (Å²) in [5.41, 5.74) is 0. The Morgan fingerprint density at radius 1 is 1.44 bits per heavy atom. The van der Waals surface area contributed by atoms with Crippen LogP contribution in [0.5, 0.6) is 0 Å². The Morgan fingerprint density at radius 3 is 2.56 bits per heavy atom. The van der Waals surface area contributed by atoms with Crippen molar-refractivity contribution in [1.29, 1.82) is 0 Å². The lowest BCUT2D eigenvalue weighted by Crippen LogP contribution is -2.38. The molecule has 3 nitrogen and oxygen atoms in total.